The van der Waals surface area contributed by atoms with Crippen molar-refractivity contribution in [2.75, 3.05) is 36.7 Å². The summed E-state index contributed by atoms with van der Waals surface area (Å²) in [7, 11) is 1.54. The second kappa shape index (κ2) is 15.2. The topological polar surface area (TPSA) is 132 Å². The molecule has 0 aliphatic rings. The molecule has 0 unspecified atom stereocenters. The second-order valence-electron chi connectivity index (χ2n) is 9.42. The van der Waals surface area contributed by atoms with Gasteiger partial charge in [0.2, 0.25) is 5.91 Å². The van der Waals surface area contributed by atoms with Crippen molar-refractivity contribution in [1.82, 2.24) is 0 Å². The standard InChI is InChI=1S/C33H35N3O6/c1-40-30(19-8-9-20-31(38)35-28-16-6-5-15-26(28)34)32(25-14-4-7-18-29(25)41-22-21-37)42-33(39)36-27-17-10-12-23-11-2-3-13-24(23)27/h2-7,9-18,20,30,32,37H,8,19,21-22,34H2,1H3,(H,35,38)(H,36,39)/b20-9+/t30-,32-/m1/s1. The largest absolute Gasteiger partial charge is 0.491 e. The number of anilines is 3. The minimum absolute atomic E-state index is 0.0767. The van der Waals surface area contributed by atoms with Gasteiger partial charge in [-0.25, -0.2) is 4.79 Å². The van der Waals surface area contributed by atoms with Gasteiger partial charge >= 0.3 is 6.09 Å². The summed E-state index contributed by atoms with van der Waals surface area (Å²) in [6.07, 6.45) is 1.94. The molecule has 42 heavy (non-hydrogen) atoms. The minimum atomic E-state index is -0.855. The Balaban J connectivity index is 1.50. The van der Waals surface area contributed by atoms with Gasteiger partial charge in [0.05, 0.1) is 29.8 Å². The molecular weight excluding hydrogens is 534 g/mol. The number of benzene rings is 4. The molecule has 2 amide bonds. The lowest BCUT2D eigenvalue weighted by atomic mass is 9.99. The van der Waals surface area contributed by atoms with E-state index in [4.69, 9.17) is 19.9 Å². The number of carbonyl (C=O) groups excluding carboxylic acids is 2. The third-order valence-corrected chi connectivity index (χ3v) is 6.58. The van der Waals surface area contributed by atoms with Crippen LogP contribution in [0.4, 0.5) is 21.9 Å². The Labute approximate surface area is 244 Å². The molecule has 9 nitrogen and oxygen atoms in total. The number of fused-ring (bicyclic) bond motifs is 1. The van der Waals surface area contributed by atoms with Crippen molar-refractivity contribution in [1.29, 1.82) is 0 Å². The van der Waals surface area contributed by atoms with Gasteiger partial charge in [0.1, 0.15) is 12.4 Å². The van der Waals surface area contributed by atoms with Crippen LogP contribution in [0.25, 0.3) is 10.8 Å². The van der Waals surface area contributed by atoms with Crippen molar-refractivity contribution < 1.29 is 28.9 Å². The third-order valence-electron chi connectivity index (χ3n) is 6.58. The molecule has 4 aromatic carbocycles. The van der Waals surface area contributed by atoms with Crippen LogP contribution in [0.2, 0.25) is 0 Å². The van der Waals surface area contributed by atoms with E-state index in [-0.39, 0.29) is 19.1 Å². The molecule has 4 aromatic rings. The van der Waals surface area contributed by atoms with Gasteiger partial charge in [0.25, 0.3) is 0 Å². The van der Waals surface area contributed by atoms with Crippen molar-refractivity contribution in [3.8, 4) is 5.75 Å². The molecule has 5 N–H and O–H groups in total. The molecule has 2 atom stereocenters. The van der Waals surface area contributed by atoms with Crippen LogP contribution in [0.1, 0.15) is 24.5 Å². The van der Waals surface area contributed by atoms with Crippen LogP contribution in [0.5, 0.6) is 5.75 Å². The van der Waals surface area contributed by atoms with Gasteiger partial charge in [-0.15, -0.1) is 0 Å². The third kappa shape index (κ3) is 8.09. The normalized spacial score (nSPS) is 12.5. The number of aliphatic hydroxyl groups is 1. The van der Waals surface area contributed by atoms with Gasteiger partial charge in [-0.05, 0) is 48.6 Å². The number of rotatable bonds is 13. The van der Waals surface area contributed by atoms with Crippen LogP contribution in [-0.4, -0.2) is 43.5 Å². The Morgan fingerprint density at radius 1 is 0.905 bits per heavy atom. The number of amides is 2. The van der Waals surface area contributed by atoms with Gasteiger partial charge in [0, 0.05) is 18.1 Å². The molecule has 218 valence electrons. The highest BCUT2D eigenvalue weighted by atomic mass is 16.6. The van der Waals surface area contributed by atoms with Gasteiger partial charge in [-0.1, -0.05) is 72.8 Å². The number of allylic oxidation sites excluding steroid dienone is 1. The summed E-state index contributed by atoms with van der Waals surface area (Å²) in [6, 6.07) is 27.5. The zero-order chi connectivity index (χ0) is 29.7. The SMILES string of the molecule is CO[C@H](CC/C=C/C(=O)Nc1ccccc1N)[C@H](OC(=O)Nc1cccc2ccccc12)c1ccccc1OCCO. The van der Waals surface area contributed by atoms with Crippen LogP contribution in [0.3, 0.4) is 0 Å². The Morgan fingerprint density at radius 3 is 2.43 bits per heavy atom. The lowest BCUT2D eigenvalue weighted by Gasteiger charge is -2.28. The van der Waals surface area contributed by atoms with E-state index in [2.05, 4.69) is 10.6 Å². The van der Waals surface area contributed by atoms with E-state index < -0.39 is 18.3 Å². The van der Waals surface area contributed by atoms with E-state index in [1.165, 1.54) is 13.2 Å². The van der Waals surface area contributed by atoms with E-state index in [1.807, 2.05) is 48.5 Å². The van der Waals surface area contributed by atoms with E-state index in [0.717, 1.165) is 10.8 Å². The van der Waals surface area contributed by atoms with E-state index in [9.17, 15) is 14.7 Å². The van der Waals surface area contributed by atoms with Crippen molar-refractivity contribution in [2.45, 2.75) is 25.0 Å². The molecule has 0 heterocycles. The fourth-order valence-corrected chi connectivity index (χ4v) is 4.56. The predicted octanol–water partition coefficient (Wildman–Crippen LogP) is 6.07. The van der Waals surface area contributed by atoms with Crippen molar-refractivity contribution in [3.63, 3.8) is 0 Å². The van der Waals surface area contributed by atoms with Crippen LogP contribution >= 0.6 is 0 Å². The Morgan fingerprint density at radius 2 is 1.62 bits per heavy atom. The Kier molecular flexibility index (Phi) is 10.9. The quantitative estimate of drug-likeness (QED) is 0.113. The van der Waals surface area contributed by atoms with E-state index >= 15 is 0 Å². The van der Waals surface area contributed by atoms with Crippen LogP contribution in [0, 0.1) is 0 Å². The number of ether oxygens (including phenoxy) is 3. The summed E-state index contributed by atoms with van der Waals surface area (Å²) in [6.45, 7) is -0.0933. The van der Waals surface area contributed by atoms with Crippen LogP contribution < -0.4 is 21.1 Å². The Hall–Kier alpha value is -4.86. The smallest absolute Gasteiger partial charge is 0.412 e. The first-order chi connectivity index (χ1) is 20.5. The highest BCUT2D eigenvalue weighted by Crippen LogP contribution is 2.34. The molecule has 0 aliphatic heterocycles. The molecule has 0 saturated carbocycles. The molecule has 9 heteroatoms. The average molecular weight is 570 g/mol. The van der Waals surface area contributed by atoms with Gasteiger partial charge in [0.15, 0.2) is 6.10 Å². The number of hydrogen-bond donors (Lipinski definition) is 4. The summed E-state index contributed by atoms with van der Waals surface area (Å²) in [5, 5.41) is 16.8. The Bertz CT molecular complexity index is 1520. The predicted molar refractivity (Wildman–Crippen MR) is 164 cm³/mol. The van der Waals surface area contributed by atoms with E-state index in [0.29, 0.717) is 41.2 Å². The first kappa shape index (κ1) is 30.1. The van der Waals surface area contributed by atoms with Crippen molar-refractivity contribution in [3.05, 3.63) is 109 Å². The zero-order valence-electron chi connectivity index (χ0n) is 23.4. The second-order valence-corrected chi connectivity index (χ2v) is 9.42. The number of carbonyl (C=O) groups is 2. The molecule has 0 aliphatic carbocycles. The highest BCUT2D eigenvalue weighted by Gasteiger charge is 2.29. The number of nitrogens with one attached hydrogen (secondary N) is 2. The summed E-state index contributed by atoms with van der Waals surface area (Å²) in [4.78, 5) is 25.7. The number of aliphatic hydroxyl groups excluding tert-OH is 1. The van der Waals surface area contributed by atoms with Crippen molar-refractivity contribution >= 4 is 39.8 Å². The van der Waals surface area contributed by atoms with Crippen LogP contribution in [-0.2, 0) is 14.3 Å². The highest BCUT2D eigenvalue weighted by molar-refractivity contribution is 6.01. The number of methoxy groups -OCH3 is 1. The van der Waals surface area contributed by atoms with Crippen LogP contribution in [0.15, 0.2) is 103 Å². The molecule has 0 radical (unpaired) electrons. The first-order valence-corrected chi connectivity index (χ1v) is 13.6. The number of nitrogen functional groups attached to an aromatic ring is 1. The molecule has 0 saturated heterocycles. The summed E-state index contributed by atoms with van der Waals surface area (Å²) in [5.74, 6) is 0.152. The molecule has 0 bridgehead atoms. The first-order valence-electron chi connectivity index (χ1n) is 13.6. The number of para-hydroxylation sites is 3. The summed E-state index contributed by atoms with van der Waals surface area (Å²) in [5.41, 5.74) is 8.12. The molecule has 0 aromatic heterocycles. The molecule has 0 fully saturated rings. The maximum Gasteiger partial charge on any atom is 0.412 e. The van der Waals surface area contributed by atoms with Gasteiger partial charge in [-0.3, -0.25) is 10.1 Å². The van der Waals surface area contributed by atoms with Gasteiger partial charge in [-0.2, -0.15) is 0 Å². The number of nitrogens with two attached hydrogens (primary N) is 1. The monoisotopic (exact) mass is 569 g/mol. The van der Waals surface area contributed by atoms with E-state index in [1.54, 1.807) is 48.5 Å². The average Bonchev–Trinajstić information content (AvgIpc) is 3.01. The minimum Gasteiger partial charge on any atom is -0.491 e. The molecule has 0 spiro atoms. The summed E-state index contributed by atoms with van der Waals surface area (Å²) >= 11 is 0. The molecular formula is C33H35N3O6. The summed E-state index contributed by atoms with van der Waals surface area (Å²) < 4.78 is 17.6. The lowest BCUT2D eigenvalue weighted by Crippen LogP contribution is -2.28. The maximum atomic E-state index is 13.3. The fourth-order valence-electron chi connectivity index (χ4n) is 4.56. The van der Waals surface area contributed by atoms with Gasteiger partial charge < -0.3 is 30.4 Å². The molecule has 4 rings (SSSR count). The maximum absolute atomic E-state index is 13.3. The fraction of sp³-hybridized carbons (Fsp3) is 0.212. The zero-order valence-corrected chi connectivity index (χ0v) is 23.4. The lowest BCUT2D eigenvalue weighted by molar-refractivity contribution is -0.111. The number of hydrogen-bond acceptors (Lipinski definition) is 7. The van der Waals surface area contributed by atoms with Crippen molar-refractivity contribution in [2.24, 2.45) is 0 Å².